The lowest BCUT2D eigenvalue weighted by Gasteiger charge is -2.16. The van der Waals surface area contributed by atoms with Crippen molar-refractivity contribution in [2.45, 2.75) is 30.2 Å². The Morgan fingerprint density at radius 1 is 1.19 bits per heavy atom. The SMILES string of the molecule is O=S(=O)(NC1CCN(CCCc2c[nH]c3ccc(F)cc23)C1)c1csc2ccccc12. The zero-order valence-corrected chi connectivity index (χ0v) is 18.6. The third-order valence-corrected chi connectivity index (χ3v) is 8.65. The molecule has 1 aliphatic heterocycles. The Bertz CT molecular complexity index is 1330. The van der Waals surface area contributed by atoms with Crippen LogP contribution in [0.5, 0.6) is 0 Å². The fraction of sp³-hybridized carbons (Fsp3) is 0.304. The molecule has 3 heterocycles. The van der Waals surface area contributed by atoms with Gasteiger partial charge in [0.2, 0.25) is 10.0 Å². The summed E-state index contributed by atoms with van der Waals surface area (Å²) in [7, 11) is -3.54. The predicted molar refractivity (Wildman–Crippen MR) is 124 cm³/mol. The highest BCUT2D eigenvalue weighted by molar-refractivity contribution is 7.90. The number of halogens is 1. The fourth-order valence-electron chi connectivity index (χ4n) is 4.43. The monoisotopic (exact) mass is 457 g/mol. The van der Waals surface area contributed by atoms with Gasteiger partial charge in [-0.25, -0.2) is 17.5 Å². The Balaban J connectivity index is 1.17. The fourth-order valence-corrected chi connectivity index (χ4v) is 7.19. The molecule has 1 aliphatic rings. The van der Waals surface area contributed by atoms with Crippen molar-refractivity contribution in [3.63, 3.8) is 0 Å². The molecule has 1 unspecified atom stereocenters. The van der Waals surface area contributed by atoms with Gasteiger partial charge in [0.05, 0.1) is 0 Å². The van der Waals surface area contributed by atoms with Crippen LogP contribution in [0.1, 0.15) is 18.4 Å². The van der Waals surface area contributed by atoms with E-state index in [9.17, 15) is 12.8 Å². The Kier molecular flexibility index (Phi) is 5.56. The quantitative estimate of drug-likeness (QED) is 0.429. The number of sulfonamides is 1. The van der Waals surface area contributed by atoms with Crippen molar-refractivity contribution in [3.8, 4) is 0 Å². The minimum Gasteiger partial charge on any atom is -0.361 e. The van der Waals surface area contributed by atoms with Crippen LogP contribution >= 0.6 is 11.3 Å². The maximum atomic E-state index is 13.6. The van der Waals surface area contributed by atoms with Crippen LogP contribution < -0.4 is 4.72 Å². The number of aromatic nitrogens is 1. The number of hydrogen-bond acceptors (Lipinski definition) is 4. The van der Waals surface area contributed by atoms with Crippen LogP contribution in [-0.2, 0) is 16.4 Å². The first kappa shape index (κ1) is 20.6. The standard InChI is InChI=1S/C23H24FN3O2S2/c24-17-7-8-21-20(12-17)16(13-25-21)4-3-10-27-11-9-18(14-27)26-31(28,29)23-15-30-22-6-2-1-5-19(22)23/h1-2,5-8,12-13,15,18,25-26H,3-4,9-11,14H2. The number of fused-ring (bicyclic) bond motifs is 2. The smallest absolute Gasteiger partial charge is 0.242 e. The van der Waals surface area contributed by atoms with Gasteiger partial charge in [0.1, 0.15) is 10.7 Å². The molecule has 0 amide bonds. The van der Waals surface area contributed by atoms with Gasteiger partial charge in [0.15, 0.2) is 0 Å². The summed E-state index contributed by atoms with van der Waals surface area (Å²) >= 11 is 1.45. The first-order valence-electron chi connectivity index (χ1n) is 10.5. The van der Waals surface area contributed by atoms with E-state index < -0.39 is 10.0 Å². The topological polar surface area (TPSA) is 65.2 Å². The molecule has 31 heavy (non-hydrogen) atoms. The lowest BCUT2D eigenvalue weighted by Crippen LogP contribution is -2.37. The van der Waals surface area contributed by atoms with Crippen LogP contribution in [0.25, 0.3) is 21.0 Å². The highest BCUT2D eigenvalue weighted by Crippen LogP contribution is 2.29. The number of hydrogen-bond donors (Lipinski definition) is 2. The average Bonchev–Trinajstić information content (AvgIpc) is 3.46. The molecule has 0 aliphatic carbocycles. The predicted octanol–water partition coefficient (Wildman–Crippen LogP) is 4.51. The van der Waals surface area contributed by atoms with Crippen molar-refractivity contribution in [2.24, 2.45) is 0 Å². The number of benzene rings is 2. The van der Waals surface area contributed by atoms with Gasteiger partial charge in [-0.05, 0) is 62.2 Å². The van der Waals surface area contributed by atoms with Gasteiger partial charge in [-0.1, -0.05) is 18.2 Å². The van der Waals surface area contributed by atoms with Gasteiger partial charge in [0, 0.05) is 45.2 Å². The minimum atomic E-state index is -3.54. The number of aromatic amines is 1. The number of H-pyrrole nitrogens is 1. The van der Waals surface area contributed by atoms with E-state index in [1.54, 1.807) is 17.5 Å². The zero-order chi connectivity index (χ0) is 21.4. The summed E-state index contributed by atoms with van der Waals surface area (Å²) in [5.74, 6) is -0.221. The molecule has 2 aromatic heterocycles. The van der Waals surface area contributed by atoms with E-state index in [2.05, 4.69) is 14.6 Å². The van der Waals surface area contributed by atoms with E-state index in [0.29, 0.717) is 11.4 Å². The molecule has 0 saturated carbocycles. The second-order valence-electron chi connectivity index (χ2n) is 8.11. The second kappa shape index (κ2) is 8.35. The highest BCUT2D eigenvalue weighted by Gasteiger charge is 2.28. The number of aryl methyl sites for hydroxylation is 1. The zero-order valence-electron chi connectivity index (χ0n) is 17.0. The van der Waals surface area contributed by atoms with E-state index in [4.69, 9.17) is 0 Å². The van der Waals surface area contributed by atoms with Crippen molar-refractivity contribution >= 4 is 42.3 Å². The van der Waals surface area contributed by atoms with E-state index in [1.807, 2.05) is 30.5 Å². The summed E-state index contributed by atoms with van der Waals surface area (Å²) in [5, 5.41) is 3.45. The molecule has 5 nitrogen and oxygen atoms in total. The van der Waals surface area contributed by atoms with Crippen molar-refractivity contribution in [1.82, 2.24) is 14.6 Å². The van der Waals surface area contributed by atoms with Crippen LogP contribution in [-0.4, -0.2) is 44.0 Å². The first-order chi connectivity index (χ1) is 15.0. The third kappa shape index (κ3) is 4.25. The van der Waals surface area contributed by atoms with E-state index in [1.165, 1.54) is 17.4 Å². The van der Waals surface area contributed by atoms with E-state index in [-0.39, 0.29) is 11.9 Å². The normalized spacial score (nSPS) is 17.8. The molecule has 8 heteroatoms. The Morgan fingerprint density at radius 2 is 2.06 bits per heavy atom. The van der Waals surface area contributed by atoms with Crippen molar-refractivity contribution in [2.75, 3.05) is 19.6 Å². The molecule has 4 aromatic rings. The molecule has 1 fully saturated rings. The second-order valence-corrected chi connectivity index (χ2v) is 10.7. The Hall–Kier alpha value is -2.26. The molecule has 0 spiro atoms. The third-order valence-electron chi connectivity index (χ3n) is 5.98. The largest absolute Gasteiger partial charge is 0.361 e. The van der Waals surface area contributed by atoms with Crippen LogP contribution in [0.15, 0.2) is 58.9 Å². The maximum Gasteiger partial charge on any atom is 0.242 e. The Morgan fingerprint density at radius 3 is 2.97 bits per heavy atom. The summed E-state index contributed by atoms with van der Waals surface area (Å²) < 4.78 is 43.3. The molecule has 1 atom stereocenters. The van der Waals surface area contributed by atoms with Gasteiger partial charge in [0.25, 0.3) is 0 Å². The molecule has 5 rings (SSSR count). The van der Waals surface area contributed by atoms with Crippen molar-refractivity contribution in [3.05, 3.63) is 65.4 Å². The van der Waals surface area contributed by atoms with E-state index in [0.717, 1.165) is 58.9 Å². The number of nitrogens with one attached hydrogen (secondary N) is 2. The maximum absolute atomic E-state index is 13.6. The van der Waals surface area contributed by atoms with Crippen LogP contribution in [0.2, 0.25) is 0 Å². The molecule has 2 aromatic carbocycles. The van der Waals surface area contributed by atoms with E-state index >= 15 is 0 Å². The summed E-state index contributed by atoms with van der Waals surface area (Å²) in [6, 6.07) is 12.3. The van der Waals surface area contributed by atoms with Crippen LogP contribution in [0.3, 0.4) is 0 Å². The molecule has 1 saturated heterocycles. The van der Waals surface area contributed by atoms with Gasteiger partial charge >= 0.3 is 0 Å². The van der Waals surface area contributed by atoms with Gasteiger partial charge in [-0.15, -0.1) is 11.3 Å². The van der Waals surface area contributed by atoms with Crippen molar-refractivity contribution in [1.29, 1.82) is 0 Å². The van der Waals surface area contributed by atoms with Gasteiger partial charge in [-0.3, -0.25) is 0 Å². The van der Waals surface area contributed by atoms with Crippen LogP contribution in [0.4, 0.5) is 4.39 Å². The number of rotatable bonds is 7. The first-order valence-corrected chi connectivity index (χ1v) is 12.8. The molecule has 162 valence electrons. The summed E-state index contributed by atoms with van der Waals surface area (Å²) in [4.78, 5) is 5.87. The summed E-state index contributed by atoms with van der Waals surface area (Å²) in [5.41, 5.74) is 2.07. The summed E-state index contributed by atoms with van der Waals surface area (Å²) in [6.07, 6.45) is 4.56. The van der Waals surface area contributed by atoms with Crippen LogP contribution in [0, 0.1) is 5.82 Å². The minimum absolute atomic E-state index is 0.0779. The lowest BCUT2D eigenvalue weighted by molar-refractivity contribution is 0.327. The highest BCUT2D eigenvalue weighted by atomic mass is 32.2. The number of thiophene rings is 1. The van der Waals surface area contributed by atoms with Gasteiger partial charge in [-0.2, -0.15) is 0 Å². The summed E-state index contributed by atoms with van der Waals surface area (Å²) in [6.45, 7) is 2.48. The number of likely N-dealkylation sites (tertiary alicyclic amines) is 1. The molecular weight excluding hydrogens is 433 g/mol. The lowest BCUT2D eigenvalue weighted by atomic mass is 10.1. The molecular formula is C23H24FN3O2S2. The van der Waals surface area contributed by atoms with Crippen molar-refractivity contribution < 1.29 is 12.8 Å². The molecule has 2 N–H and O–H groups in total. The average molecular weight is 458 g/mol. The Labute approximate surface area is 184 Å². The molecule has 0 radical (unpaired) electrons. The number of nitrogens with zero attached hydrogens (tertiary/aromatic N) is 1. The molecule has 0 bridgehead atoms. The van der Waals surface area contributed by atoms with Gasteiger partial charge < -0.3 is 9.88 Å².